The van der Waals surface area contributed by atoms with Crippen molar-refractivity contribution in [2.45, 2.75) is 25.8 Å². The van der Waals surface area contributed by atoms with Crippen LogP contribution in [0, 0.1) is 0 Å². The average molecular weight is 458 g/mol. The Morgan fingerprint density at radius 1 is 0.935 bits per heavy atom. The van der Waals surface area contributed by atoms with E-state index in [9.17, 15) is 9.59 Å². The fourth-order valence-electron chi connectivity index (χ4n) is 4.12. The van der Waals surface area contributed by atoms with E-state index in [1.54, 1.807) is 0 Å². The van der Waals surface area contributed by atoms with E-state index in [-0.39, 0.29) is 5.43 Å². The summed E-state index contributed by atoms with van der Waals surface area (Å²) in [7, 11) is 2.11. The van der Waals surface area contributed by atoms with E-state index in [0.717, 1.165) is 61.2 Å². The first kappa shape index (κ1) is 21.9. The first-order chi connectivity index (χ1) is 14.9. The summed E-state index contributed by atoms with van der Waals surface area (Å²) in [6.07, 6.45) is 3.22. The lowest BCUT2D eigenvalue weighted by molar-refractivity contribution is 0.313. The van der Waals surface area contributed by atoms with Crippen LogP contribution in [0.3, 0.4) is 0 Å². The number of rotatable bonds is 3. The monoisotopic (exact) mass is 457 g/mol. The van der Waals surface area contributed by atoms with Gasteiger partial charge >= 0.3 is 0 Å². The first-order valence-electron chi connectivity index (χ1n) is 10.5. The summed E-state index contributed by atoms with van der Waals surface area (Å²) in [6.45, 7) is 3.76. The van der Waals surface area contributed by atoms with Crippen LogP contribution in [0.5, 0.6) is 0 Å². The second-order valence-electron chi connectivity index (χ2n) is 8.08. The van der Waals surface area contributed by atoms with Gasteiger partial charge in [-0.3, -0.25) is 9.59 Å². The molecular weight excluding hydrogens is 433 g/mol. The Kier molecular flexibility index (Phi) is 6.65. The lowest BCUT2D eigenvalue weighted by Crippen LogP contribution is -2.41. The Balaban J connectivity index is 0.000000158. The zero-order valence-corrected chi connectivity index (χ0v) is 19.0. The van der Waals surface area contributed by atoms with Crippen molar-refractivity contribution in [1.82, 2.24) is 4.90 Å². The quantitative estimate of drug-likeness (QED) is 0.582. The molecule has 0 amide bonds. The molecule has 5 nitrogen and oxygen atoms in total. The van der Waals surface area contributed by atoms with Crippen LogP contribution >= 0.6 is 23.2 Å². The molecule has 5 rings (SSSR count). The molecule has 0 atom stereocenters. The molecular formula is C24H25Cl2N3O2. The van der Waals surface area contributed by atoms with Crippen molar-refractivity contribution in [3.05, 3.63) is 84.1 Å². The van der Waals surface area contributed by atoms with Crippen LogP contribution in [0.2, 0.25) is 10.0 Å². The Labute approximate surface area is 191 Å². The number of nitrogens with one attached hydrogen (secondary N) is 1. The molecule has 162 valence electrons. The SMILES string of the molecule is CN1CCc2cc(Cl)cc(Cl)c2C1.O=c1c(Nc2ccccc2)c(N2CCCC2)c1=O. The summed E-state index contributed by atoms with van der Waals surface area (Å²) in [6, 6.07) is 13.3. The molecule has 0 radical (unpaired) electrons. The molecule has 3 aromatic carbocycles. The van der Waals surface area contributed by atoms with Crippen LogP contribution in [0.25, 0.3) is 0 Å². The molecule has 7 heteroatoms. The fraction of sp³-hybridized carbons (Fsp3) is 0.333. The molecule has 2 aliphatic heterocycles. The van der Waals surface area contributed by atoms with Crippen LogP contribution in [-0.2, 0) is 13.0 Å². The molecule has 0 aliphatic carbocycles. The highest BCUT2D eigenvalue weighted by Crippen LogP contribution is 2.29. The normalized spacial score (nSPS) is 16.0. The summed E-state index contributed by atoms with van der Waals surface area (Å²) in [5, 5.41) is 4.60. The van der Waals surface area contributed by atoms with Gasteiger partial charge in [-0.1, -0.05) is 41.4 Å². The highest BCUT2D eigenvalue weighted by Gasteiger charge is 2.27. The highest BCUT2D eigenvalue weighted by molar-refractivity contribution is 6.35. The number of hydrogen-bond donors (Lipinski definition) is 1. The zero-order valence-electron chi connectivity index (χ0n) is 17.5. The standard InChI is InChI=1S/C14H14N2O2.C10H11Cl2N/c17-13-11(15-10-6-2-1-3-7-10)12(14(13)18)16-8-4-5-9-16;1-13-3-2-7-4-8(11)5-10(12)9(7)6-13/h1-3,6-7,15H,4-5,8-9H2;4-5H,2-3,6H2,1H3. The van der Waals surface area contributed by atoms with Crippen LogP contribution in [0.15, 0.2) is 52.1 Å². The van der Waals surface area contributed by atoms with Gasteiger partial charge in [-0.2, -0.15) is 0 Å². The molecule has 0 bridgehead atoms. The largest absolute Gasteiger partial charge is 0.366 e. The van der Waals surface area contributed by atoms with Gasteiger partial charge in [0.15, 0.2) is 0 Å². The lowest BCUT2D eigenvalue weighted by atomic mass is 10.0. The third-order valence-electron chi connectivity index (χ3n) is 5.79. The smallest absolute Gasteiger partial charge is 0.253 e. The molecule has 1 saturated heterocycles. The number of nitrogens with zero attached hydrogens (tertiary/aromatic N) is 2. The predicted octanol–water partition coefficient (Wildman–Crippen LogP) is 4.61. The molecule has 1 fully saturated rings. The fourth-order valence-corrected chi connectivity index (χ4v) is 4.72. The lowest BCUT2D eigenvalue weighted by Gasteiger charge is -2.25. The second-order valence-corrected chi connectivity index (χ2v) is 8.92. The van der Waals surface area contributed by atoms with Gasteiger partial charge in [-0.15, -0.1) is 0 Å². The summed E-state index contributed by atoms with van der Waals surface area (Å²) >= 11 is 12.0. The van der Waals surface area contributed by atoms with Crippen LogP contribution in [0.1, 0.15) is 24.0 Å². The van der Waals surface area contributed by atoms with Crippen molar-refractivity contribution in [2.75, 3.05) is 36.9 Å². The van der Waals surface area contributed by atoms with Crippen molar-refractivity contribution in [3.8, 4) is 0 Å². The second kappa shape index (κ2) is 9.43. The first-order valence-corrected chi connectivity index (χ1v) is 11.3. The number of anilines is 3. The number of para-hydroxylation sites is 1. The van der Waals surface area contributed by atoms with Gasteiger partial charge in [-0.05, 0) is 61.7 Å². The highest BCUT2D eigenvalue weighted by atomic mass is 35.5. The van der Waals surface area contributed by atoms with E-state index in [1.807, 2.05) is 47.4 Å². The van der Waals surface area contributed by atoms with Gasteiger partial charge in [0.05, 0.1) is 0 Å². The number of benzene rings is 2. The Morgan fingerprint density at radius 3 is 2.35 bits per heavy atom. The summed E-state index contributed by atoms with van der Waals surface area (Å²) in [5.41, 5.74) is 3.64. The molecule has 3 aromatic rings. The number of halogens is 2. The van der Waals surface area contributed by atoms with Crippen LogP contribution in [-0.4, -0.2) is 31.6 Å². The maximum Gasteiger partial charge on any atom is 0.253 e. The topological polar surface area (TPSA) is 52.7 Å². The van der Waals surface area contributed by atoms with Crippen molar-refractivity contribution >= 4 is 40.3 Å². The number of hydrogen-bond acceptors (Lipinski definition) is 5. The minimum absolute atomic E-state index is 0.352. The van der Waals surface area contributed by atoms with Crippen LogP contribution < -0.4 is 21.1 Å². The number of fused-ring (bicyclic) bond motifs is 1. The summed E-state index contributed by atoms with van der Waals surface area (Å²) in [5.74, 6) is 0. The molecule has 2 heterocycles. The van der Waals surface area contributed by atoms with Gasteiger partial charge in [-0.25, -0.2) is 0 Å². The summed E-state index contributed by atoms with van der Waals surface area (Å²) in [4.78, 5) is 27.6. The maximum atomic E-state index is 11.7. The van der Waals surface area contributed by atoms with E-state index in [2.05, 4.69) is 17.3 Å². The van der Waals surface area contributed by atoms with Gasteiger partial charge in [0.25, 0.3) is 10.9 Å². The van der Waals surface area contributed by atoms with E-state index < -0.39 is 5.43 Å². The van der Waals surface area contributed by atoms with E-state index in [0.29, 0.717) is 11.4 Å². The van der Waals surface area contributed by atoms with Crippen molar-refractivity contribution in [1.29, 1.82) is 0 Å². The minimum Gasteiger partial charge on any atom is -0.366 e. The predicted molar refractivity (Wildman–Crippen MR) is 129 cm³/mol. The van der Waals surface area contributed by atoms with Gasteiger partial charge in [0.1, 0.15) is 11.4 Å². The van der Waals surface area contributed by atoms with Gasteiger partial charge in [0, 0.05) is 41.9 Å². The van der Waals surface area contributed by atoms with Crippen molar-refractivity contribution in [2.24, 2.45) is 0 Å². The molecule has 0 saturated carbocycles. The average Bonchev–Trinajstić information content (AvgIpc) is 3.29. The van der Waals surface area contributed by atoms with Gasteiger partial charge < -0.3 is 15.1 Å². The molecule has 31 heavy (non-hydrogen) atoms. The zero-order chi connectivity index (χ0) is 22.0. The van der Waals surface area contributed by atoms with Crippen LogP contribution in [0.4, 0.5) is 17.1 Å². The molecule has 0 unspecified atom stereocenters. The Bertz CT molecular complexity index is 1130. The maximum absolute atomic E-state index is 11.7. The van der Waals surface area contributed by atoms with E-state index in [1.165, 1.54) is 11.1 Å². The molecule has 2 aliphatic rings. The minimum atomic E-state index is -0.402. The van der Waals surface area contributed by atoms with Gasteiger partial charge in [0.2, 0.25) is 0 Å². The Hall–Kier alpha value is -2.34. The van der Waals surface area contributed by atoms with E-state index in [4.69, 9.17) is 23.2 Å². The van der Waals surface area contributed by atoms with Crippen molar-refractivity contribution in [3.63, 3.8) is 0 Å². The third kappa shape index (κ3) is 4.79. The van der Waals surface area contributed by atoms with Crippen molar-refractivity contribution < 1.29 is 0 Å². The molecule has 0 spiro atoms. The van der Waals surface area contributed by atoms with E-state index >= 15 is 0 Å². The summed E-state index contributed by atoms with van der Waals surface area (Å²) < 4.78 is 0. The molecule has 1 N–H and O–H groups in total. The molecule has 0 aromatic heterocycles. The third-order valence-corrected chi connectivity index (χ3v) is 6.35. The number of likely N-dealkylation sites (N-methyl/N-ethyl adjacent to an activating group) is 1. The Morgan fingerprint density at radius 2 is 1.65 bits per heavy atom.